The Morgan fingerprint density at radius 1 is 1.11 bits per heavy atom. The molecule has 0 unspecified atom stereocenters. The highest BCUT2D eigenvalue weighted by Crippen LogP contribution is 2.35. The van der Waals surface area contributed by atoms with E-state index < -0.39 is 17.5 Å². The lowest BCUT2D eigenvalue weighted by Crippen LogP contribution is -2.44. The van der Waals surface area contributed by atoms with Crippen molar-refractivity contribution in [1.82, 2.24) is 25.4 Å². The first-order valence-electron chi connectivity index (χ1n) is 12.6. The van der Waals surface area contributed by atoms with Crippen molar-refractivity contribution in [3.05, 3.63) is 65.4 Å². The van der Waals surface area contributed by atoms with Crippen molar-refractivity contribution in [3.8, 4) is 22.5 Å². The molecule has 0 spiro atoms. The Bertz CT molecular complexity index is 1470. The second-order valence-electron chi connectivity index (χ2n) is 10.0. The molecule has 198 valence electrons. The van der Waals surface area contributed by atoms with Gasteiger partial charge in [-0.15, -0.1) is 0 Å². The van der Waals surface area contributed by atoms with E-state index in [2.05, 4.69) is 37.3 Å². The maximum absolute atomic E-state index is 15.1. The van der Waals surface area contributed by atoms with Crippen molar-refractivity contribution in [3.63, 3.8) is 0 Å². The van der Waals surface area contributed by atoms with Gasteiger partial charge in [-0.3, -0.25) is 14.9 Å². The van der Waals surface area contributed by atoms with Crippen LogP contribution in [0.5, 0.6) is 0 Å². The SMILES string of the molecule is CC(C)NCc1cc(F)c(-c2cc3c(-c4cc(N5CCN(C)CC5)ccc4C(N)=O)n[nH]c3cn2)c(F)c1. The lowest BCUT2D eigenvalue weighted by atomic mass is 9.99. The van der Waals surface area contributed by atoms with E-state index in [4.69, 9.17) is 5.73 Å². The van der Waals surface area contributed by atoms with Crippen molar-refractivity contribution in [2.24, 2.45) is 5.73 Å². The molecule has 4 aromatic rings. The molecule has 10 heteroatoms. The van der Waals surface area contributed by atoms with E-state index in [9.17, 15) is 4.79 Å². The number of likely N-dealkylation sites (N-methyl/N-ethyl adjacent to an activating group) is 1. The van der Waals surface area contributed by atoms with Crippen molar-refractivity contribution in [1.29, 1.82) is 0 Å². The number of aromatic amines is 1. The molecule has 0 aliphatic carbocycles. The van der Waals surface area contributed by atoms with E-state index in [1.165, 1.54) is 18.3 Å². The molecule has 1 fully saturated rings. The third kappa shape index (κ3) is 5.09. The van der Waals surface area contributed by atoms with Gasteiger partial charge in [-0.2, -0.15) is 5.10 Å². The predicted molar refractivity (Wildman–Crippen MR) is 145 cm³/mol. The number of halogens is 2. The predicted octanol–water partition coefficient (Wildman–Crippen LogP) is 3.92. The molecule has 5 rings (SSSR count). The van der Waals surface area contributed by atoms with Gasteiger partial charge < -0.3 is 20.9 Å². The number of aromatic nitrogens is 3. The number of fused-ring (bicyclic) bond motifs is 1. The topological polar surface area (TPSA) is 103 Å². The molecule has 1 aliphatic rings. The number of carbonyl (C=O) groups is 1. The van der Waals surface area contributed by atoms with Gasteiger partial charge in [-0.1, -0.05) is 13.8 Å². The first-order chi connectivity index (χ1) is 18.2. The van der Waals surface area contributed by atoms with Crippen LogP contribution >= 0.6 is 0 Å². The standard InChI is InChI=1S/C28H31F2N7O/c1-16(2)32-14-17-10-22(29)26(23(30)11-17)24-13-21-25(15-33-24)34-35-27(21)20-12-18(4-5-19(20)28(31)38)37-8-6-36(3)7-9-37/h4-5,10-13,15-16,32H,6-9,14H2,1-3H3,(H2,31,38)(H,34,35). The van der Waals surface area contributed by atoms with Crippen LogP contribution in [0.1, 0.15) is 29.8 Å². The molecule has 1 saturated heterocycles. The maximum Gasteiger partial charge on any atom is 0.249 e. The lowest BCUT2D eigenvalue weighted by Gasteiger charge is -2.34. The molecule has 2 aromatic carbocycles. The number of hydrogen-bond acceptors (Lipinski definition) is 6. The molecule has 3 heterocycles. The summed E-state index contributed by atoms with van der Waals surface area (Å²) < 4.78 is 30.3. The van der Waals surface area contributed by atoms with Crippen LogP contribution in [0.25, 0.3) is 33.4 Å². The van der Waals surface area contributed by atoms with Crippen molar-refractivity contribution >= 4 is 22.5 Å². The van der Waals surface area contributed by atoms with Gasteiger partial charge in [-0.05, 0) is 49.0 Å². The minimum atomic E-state index is -0.697. The minimum Gasteiger partial charge on any atom is -0.369 e. The van der Waals surface area contributed by atoms with Gasteiger partial charge in [0.05, 0.1) is 23.0 Å². The monoisotopic (exact) mass is 519 g/mol. The zero-order chi connectivity index (χ0) is 27.0. The number of hydrogen-bond donors (Lipinski definition) is 3. The normalized spacial score (nSPS) is 14.5. The van der Waals surface area contributed by atoms with Crippen LogP contribution in [0, 0.1) is 11.6 Å². The first kappa shape index (κ1) is 25.7. The summed E-state index contributed by atoms with van der Waals surface area (Å²) in [6.45, 7) is 7.84. The molecule has 0 radical (unpaired) electrons. The zero-order valence-corrected chi connectivity index (χ0v) is 21.7. The van der Waals surface area contributed by atoms with Crippen LogP contribution in [0.15, 0.2) is 42.6 Å². The number of nitrogens with two attached hydrogens (primary N) is 1. The number of piperazine rings is 1. The molecule has 0 saturated carbocycles. The highest BCUT2D eigenvalue weighted by atomic mass is 19.1. The maximum atomic E-state index is 15.1. The fourth-order valence-electron chi connectivity index (χ4n) is 4.76. The summed E-state index contributed by atoms with van der Waals surface area (Å²) in [6.07, 6.45) is 1.49. The molecule has 0 atom stereocenters. The Morgan fingerprint density at radius 3 is 2.47 bits per heavy atom. The molecule has 38 heavy (non-hydrogen) atoms. The van der Waals surface area contributed by atoms with Crippen LogP contribution in [-0.4, -0.2) is 65.3 Å². The average Bonchev–Trinajstić information content (AvgIpc) is 3.30. The van der Waals surface area contributed by atoms with E-state index in [0.717, 1.165) is 31.9 Å². The number of carbonyl (C=O) groups excluding carboxylic acids is 1. The zero-order valence-electron chi connectivity index (χ0n) is 21.7. The Kier molecular flexibility index (Phi) is 7.09. The van der Waals surface area contributed by atoms with Gasteiger partial charge in [0.1, 0.15) is 17.3 Å². The van der Waals surface area contributed by atoms with Crippen LogP contribution in [0.3, 0.4) is 0 Å². The number of anilines is 1. The second kappa shape index (κ2) is 10.5. The third-order valence-electron chi connectivity index (χ3n) is 6.91. The molecule has 1 aliphatic heterocycles. The van der Waals surface area contributed by atoms with Crippen molar-refractivity contribution in [2.45, 2.75) is 26.4 Å². The Hall–Kier alpha value is -3.89. The summed E-state index contributed by atoms with van der Waals surface area (Å²) in [6, 6.07) is 9.91. The Labute approximate surface area is 219 Å². The summed E-state index contributed by atoms with van der Waals surface area (Å²) in [4.78, 5) is 21.1. The quantitative estimate of drug-likeness (QED) is 0.342. The Balaban J connectivity index is 1.57. The number of H-pyrrole nitrogens is 1. The van der Waals surface area contributed by atoms with E-state index in [0.29, 0.717) is 39.8 Å². The van der Waals surface area contributed by atoms with Gasteiger partial charge in [0.25, 0.3) is 0 Å². The third-order valence-corrected chi connectivity index (χ3v) is 6.91. The van der Waals surface area contributed by atoms with Crippen LogP contribution < -0.4 is 16.0 Å². The number of nitrogens with zero attached hydrogens (tertiary/aromatic N) is 4. The van der Waals surface area contributed by atoms with Crippen molar-refractivity contribution < 1.29 is 13.6 Å². The number of amides is 1. The molecule has 0 bridgehead atoms. The summed E-state index contributed by atoms with van der Waals surface area (Å²) in [5.74, 6) is -1.98. The number of pyridine rings is 1. The van der Waals surface area contributed by atoms with Crippen LogP contribution in [0.4, 0.5) is 14.5 Å². The van der Waals surface area contributed by atoms with Crippen molar-refractivity contribution in [2.75, 3.05) is 38.1 Å². The van der Waals surface area contributed by atoms with Gasteiger partial charge in [0.2, 0.25) is 5.91 Å². The van der Waals surface area contributed by atoms with E-state index in [1.807, 2.05) is 26.0 Å². The molecular weight excluding hydrogens is 488 g/mol. The lowest BCUT2D eigenvalue weighted by molar-refractivity contribution is 0.100. The summed E-state index contributed by atoms with van der Waals surface area (Å²) >= 11 is 0. The molecule has 1 amide bonds. The minimum absolute atomic E-state index is 0.134. The molecule has 8 nitrogen and oxygen atoms in total. The smallest absolute Gasteiger partial charge is 0.249 e. The van der Waals surface area contributed by atoms with Gasteiger partial charge >= 0.3 is 0 Å². The highest BCUT2D eigenvalue weighted by molar-refractivity contribution is 6.05. The summed E-state index contributed by atoms with van der Waals surface area (Å²) in [5.41, 5.74) is 8.99. The second-order valence-corrected chi connectivity index (χ2v) is 10.0. The van der Waals surface area contributed by atoms with E-state index in [-0.39, 0.29) is 17.3 Å². The average molecular weight is 520 g/mol. The van der Waals surface area contributed by atoms with Gasteiger partial charge in [-0.25, -0.2) is 8.78 Å². The first-order valence-corrected chi connectivity index (χ1v) is 12.6. The number of rotatable bonds is 7. The number of benzene rings is 2. The fourth-order valence-corrected chi connectivity index (χ4v) is 4.76. The summed E-state index contributed by atoms with van der Waals surface area (Å²) in [7, 11) is 2.09. The molecular formula is C28H31F2N7O. The van der Waals surface area contributed by atoms with E-state index in [1.54, 1.807) is 12.1 Å². The number of nitrogens with one attached hydrogen (secondary N) is 2. The highest BCUT2D eigenvalue weighted by Gasteiger charge is 2.22. The van der Waals surface area contributed by atoms with Gasteiger partial charge in [0.15, 0.2) is 0 Å². The van der Waals surface area contributed by atoms with E-state index >= 15 is 8.78 Å². The number of primary amides is 1. The molecule has 2 aromatic heterocycles. The largest absolute Gasteiger partial charge is 0.369 e. The summed E-state index contributed by atoms with van der Waals surface area (Å²) in [5, 5.41) is 11.1. The van der Waals surface area contributed by atoms with Crippen LogP contribution in [0.2, 0.25) is 0 Å². The Morgan fingerprint density at radius 2 is 1.82 bits per heavy atom. The molecule has 4 N–H and O–H groups in total. The fraction of sp³-hybridized carbons (Fsp3) is 0.321. The van der Waals surface area contributed by atoms with Crippen LogP contribution in [-0.2, 0) is 6.54 Å². The van der Waals surface area contributed by atoms with Gasteiger partial charge in [0, 0.05) is 61.0 Å².